The minimum absolute atomic E-state index is 0. The number of carboxylic acids is 1. The van der Waals surface area contributed by atoms with Crippen molar-refractivity contribution in [2.24, 2.45) is 11.8 Å². The molecule has 34 heavy (non-hydrogen) atoms. The number of hydrogen-bond donors (Lipinski definition) is 3. The van der Waals surface area contributed by atoms with E-state index in [-0.39, 0.29) is 12.2 Å². The molecular formula is C28H37N3O3. The van der Waals surface area contributed by atoms with Gasteiger partial charge in [0.05, 0.1) is 12.7 Å². The fourth-order valence-electron chi connectivity index (χ4n) is 6.27. The number of piperidine rings is 1. The minimum atomic E-state index is -0.870. The van der Waals surface area contributed by atoms with Gasteiger partial charge in [-0.1, -0.05) is 37.8 Å². The molecule has 1 aliphatic carbocycles. The van der Waals surface area contributed by atoms with Crippen LogP contribution in [0, 0.1) is 18.8 Å². The Balaban J connectivity index is 0.00000274. The summed E-state index contributed by atoms with van der Waals surface area (Å²) in [6, 6.07) is 12.1. The molecule has 6 heteroatoms. The van der Waals surface area contributed by atoms with Crippen molar-refractivity contribution in [3.63, 3.8) is 0 Å². The topological polar surface area (TPSA) is 101 Å². The molecule has 2 aliphatic rings. The summed E-state index contributed by atoms with van der Waals surface area (Å²) in [5, 5.41) is 10.6. The largest absolute Gasteiger partial charge is 0.496 e. The van der Waals surface area contributed by atoms with Gasteiger partial charge < -0.3 is 21.0 Å². The Morgan fingerprint density at radius 3 is 2.53 bits per heavy atom. The first-order valence-corrected chi connectivity index (χ1v) is 12.3. The lowest BCUT2D eigenvalue weighted by Crippen LogP contribution is -2.38. The van der Waals surface area contributed by atoms with Crippen molar-refractivity contribution >= 4 is 16.9 Å². The number of hydrogen-bond acceptors (Lipinski definition) is 4. The zero-order valence-electron chi connectivity index (χ0n) is 20.3. The molecule has 0 radical (unpaired) electrons. The van der Waals surface area contributed by atoms with Crippen LogP contribution < -0.4 is 10.9 Å². The predicted molar refractivity (Wildman–Crippen MR) is 136 cm³/mol. The van der Waals surface area contributed by atoms with Gasteiger partial charge in [-0.15, -0.1) is 0 Å². The minimum Gasteiger partial charge on any atom is -0.496 e. The first-order valence-electron chi connectivity index (χ1n) is 12.3. The Morgan fingerprint density at radius 2 is 1.85 bits per heavy atom. The number of carbonyl (C=O) groups is 1. The number of aromatic carboxylic acids is 1. The van der Waals surface area contributed by atoms with E-state index in [0.717, 1.165) is 37.1 Å². The van der Waals surface area contributed by atoms with Crippen LogP contribution in [0.5, 0.6) is 5.75 Å². The summed E-state index contributed by atoms with van der Waals surface area (Å²) in [6.07, 6.45) is 9.86. The monoisotopic (exact) mass is 463 g/mol. The number of aryl methyl sites for hydroxylation is 1. The van der Waals surface area contributed by atoms with Crippen LogP contribution in [0.15, 0.2) is 42.6 Å². The van der Waals surface area contributed by atoms with Gasteiger partial charge in [0, 0.05) is 35.2 Å². The Morgan fingerprint density at radius 1 is 1.12 bits per heavy atom. The number of rotatable bonds is 6. The lowest BCUT2D eigenvalue weighted by Gasteiger charge is -2.42. The zero-order chi connectivity index (χ0) is 22.9. The molecule has 0 bridgehead atoms. The highest BCUT2D eigenvalue weighted by Crippen LogP contribution is 2.44. The molecule has 2 aromatic carbocycles. The van der Waals surface area contributed by atoms with Gasteiger partial charge >= 0.3 is 5.97 Å². The molecule has 2 heterocycles. The number of methoxy groups -OCH3 is 1. The molecule has 2 fully saturated rings. The van der Waals surface area contributed by atoms with Crippen LogP contribution in [0.4, 0.5) is 0 Å². The highest BCUT2D eigenvalue weighted by atomic mass is 16.5. The van der Waals surface area contributed by atoms with Crippen LogP contribution >= 0.6 is 0 Å². The van der Waals surface area contributed by atoms with E-state index in [1.807, 2.05) is 18.3 Å². The van der Waals surface area contributed by atoms with Crippen molar-refractivity contribution in [3.8, 4) is 5.75 Å². The van der Waals surface area contributed by atoms with Crippen molar-refractivity contribution in [3.05, 3.63) is 64.8 Å². The number of aromatic nitrogens is 1. The normalized spacial score (nSPS) is 21.5. The number of H-pyrrole nitrogens is 1. The molecule has 1 unspecified atom stereocenters. The summed E-state index contributed by atoms with van der Waals surface area (Å²) >= 11 is 0. The number of nitrogens with zero attached hydrogens (tertiary/aromatic N) is 1. The molecule has 0 amide bonds. The van der Waals surface area contributed by atoms with Crippen LogP contribution in [-0.2, 0) is 6.54 Å². The molecule has 1 saturated heterocycles. The highest BCUT2D eigenvalue weighted by molar-refractivity contribution is 5.88. The standard InChI is InChI=1S/C28H34N2O3.H3N/c1-18-15-26(33-2)24(23-11-13-29-27(18)23)17-30-14-12-22(19-5-3-4-6-19)16-25(30)20-7-9-21(10-8-20)28(31)32;/h7-11,13,15,19,22,25,29H,3-6,12,14,16-17H2,1-2H3,(H,31,32);1H3/t22?,25-;/m0./s1. The first-order chi connectivity index (χ1) is 16.0. The highest BCUT2D eigenvalue weighted by Gasteiger charge is 2.35. The summed E-state index contributed by atoms with van der Waals surface area (Å²) in [4.78, 5) is 17.4. The molecule has 1 aromatic heterocycles. The summed E-state index contributed by atoms with van der Waals surface area (Å²) < 4.78 is 5.82. The third-order valence-corrected chi connectivity index (χ3v) is 8.06. The molecule has 2 atom stereocenters. The van der Waals surface area contributed by atoms with Crippen molar-refractivity contribution in [2.75, 3.05) is 13.7 Å². The molecular weight excluding hydrogens is 426 g/mol. The Kier molecular flexibility index (Phi) is 7.29. The lowest BCUT2D eigenvalue weighted by molar-refractivity contribution is 0.0696. The number of benzene rings is 2. The van der Waals surface area contributed by atoms with Crippen LogP contribution in [0.1, 0.15) is 71.6 Å². The van der Waals surface area contributed by atoms with E-state index in [0.29, 0.717) is 5.56 Å². The van der Waals surface area contributed by atoms with E-state index in [1.165, 1.54) is 59.7 Å². The molecule has 5 rings (SSSR count). The predicted octanol–water partition coefficient (Wildman–Crippen LogP) is 6.49. The smallest absolute Gasteiger partial charge is 0.335 e. The maximum atomic E-state index is 11.4. The molecule has 1 aliphatic heterocycles. The third-order valence-electron chi connectivity index (χ3n) is 8.06. The quantitative estimate of drug-likeness (QED) is 0.388. The Bertz CT molecular complexity index is 1130. The maximum Gasteiger partial charge on any atom is 0.335 e. The first kappa shape index (κ1) is 24.3. The van der Waals surface area contributed by atoms with E-state index in [2.05, 4.69) is 28.9 Å². The second-order valence-corrected chi connectivity index (χ2v) is 9.88. The molecule has 1 saturated carbocycles. The van der Waals surface area contributed by atoms with Crippen LogP contribution in [0.2, 0.25) is 0 Å². The molecule has 3 aromatic rings. The fraction of sp³-hybridized carbons (Fsp3) is 0.464. The third kappa shape index (κ3) is 4.57. The second-order valence-electron chi connectivity index (χ2n) is 9.88. The molecule has 5 N–H and O–H groups in total. The Hall–Kier alpha value is -2.83. The second kappa shape index (κ2) is 10.2. The van der Waals surface area contributed by atoms with Gasteiger partial charge in [-0.2, -0.15) is 0 Å². The molecule has 0 spiro atoms. The number of fused-ring (bicyclic) bond motifs is 1. The van der Waals surface area contributed by atoms with Crippen molar-refractivity contribution in [2.45, 2.75) is 58.0 Å². The van der Waals surface area contributed by atoms with Gasteiger partial charge in [0.1, 0.15) is 5.75 Å². The van der Waals surface area contributed by atoms with Crippen molar-refractivity contribution in [1.29, 1.82) is 0 Å². The molecule has 6 nitrogen and oxygen atoms in total. The average Bonchev–Trinajstić information content (AvgIpc) is 3.54. The van der Waals surface area contributed by atoms with Gasteiger partial charge in [0.2, 0.25) is 0 Å². The summed E-state index contributed by atoms with van der Waals surface area (Å²) in [7, 11) is 1.76. The van der Waals surface area contributed by atoms with E-state index in [4.69, 9.17) is 4.74 Å². The summed E-state index contributed by atoms with van der Waals surface area (Å²) in [6.45, 7) is 3.99. The lowest BCUT2D eigenvalue weighted by atomic mass is 9.78. The van der Waals surface area contributed by atoms with Crippen LogP contribution in [0.3, 0.4) is 0 Å². The number of aromatic amines is 1. The summed E-state index contributed by atoms with van der Waals surface area (Å²) in [5.41, 5.74) is 5.16. The van der Waals surface area contributed by atoms with Gasteiger partial charge in [0.15, 0.2) is 0 Å². The van der Waals surface area contributed by atoms with Crippen LogP contribution in [-0.4, -0.2) is 34.6 Å². The Labute approximate surface area is 201 Å². The molecule has 182 valence electrons. The number of ether oxygens (including phenoxy) is 1. The number of nitrogens with one attached hydrogen (secondary N) is 1. The maximum absolute atomic E-state index is 11.4. The van der Waals surface area contributed by atoms with E-state index >= 15 is 0 Å². The van der Waals surface area contributed by atoms with E-state index < -0.39 is 5.97 Å². The van der Waals surface area contributed by atoms with Gasteiger partial charge in [-0.25, -0.2) is 4.79 Å². The van der Waals surface area contributed by atoms with Gasteiger partial charge in [-0.05, 0) is 73.5 Å². The number of likely N-dealkylation sites (tertiary alicyclic amines) is 1. The summed E-state index contributed by atoms with van der Waals surface area (Å²) in [5.74, 6) is 1.67. The number of carboxylic acid groups (broad SMARTS) is 1. The van der Waals surface area contributed by atoms with Crippen molar-refractivity contribution < 1.29 is 14.6 Å². The van der Waals surface area contributed by atoms with E-state index in [1.54, 1.807) is 19.2 Å². The van der Waals surface area contributed by atoms with Gasteiger partial charge in [-0.3, -0.25) is 4.90 Å². The van der Waals surface area contributed by atoms with Crippen molar-refractivity contribution in [1.82, 2.24) is 16.0 Å². The fourth-order valence-corrected chi connectivity index (χ4v) is 6.27. The van der Waals surface area contributed by atoms with E-state index in [9.17, 15) is 9.90 Å². The average molecular weight is 464 g/mol. The van der Waals surface area contributed by atoms with Gasteiger partial charge in [0.25, 0.3) is 0 Å². The SMILES string of the molecule is COc1cc(C)c2[nH]ccc2c1CN1CCC(C2CCCC2)C[C@H]1c1ccc(C(=O)O)cc1.N. The van der Waals surface area contributed by atoms with Crippen LogP contribution in [0.25, 0.3) is 10.9 Å². The zero-order valence-corrected chi connectivity index (χ0v) is 20.3.